The van der Waals surface area contributed by atoms with Crippen LogP contribution in [-0.2, 0) is 0 Å². The summed E-state index contributed by atoms with van der Waals surface area (Å²) >= 11 is 7.14. The fourth-order valence-corrected chi connectivity index (χ4v) is 2.64. The summed E-state index contributed by atoms with van der Waals surface area (Å²) in [7, 11) is 1.57. The van der Waals surface area contributed by atoms with Gasteiger partial charge in [-0.2, -0.15) is 0 Å². The van der Waals surface area contributed by atoms with Crippen LogP contribution >= 0.6 is 22.9 Å². The van der Waals surface area contributed by atoms with E-state index in [0.717, 1.165) is 4.88 Å². The number of hydrogen-bond donors (Lipinski definition) is 1. The van der Waals surface area contributed by atoms with E-state index in [1.807, 2.05) is 11.4 Å². The van der Waals surface area contributed by atoms with E-state index < -0.39 is 11.9 Å². The number of thiophene rings is 1. The van der Waals surface area contributed by atoms with Gasteiger partial charge in [-0.15, -0.1) is 11.3 Å². The molecule has 0 saturated carbocycles. The Bertz CT molecular complexity index is 529. The highest BCUT2D eigenvalue weighted by atomic mass is 35.5. The van der Waals surface area contributed by atoms with Crippen molar-refractivity contribution < 1.29 is 9.13 Å². The van der Waals surface area contributed by atoms with E-state index in [9.17, 15) is 4.39 Å². The molecule has 0 aliphatic rings. The summed E-state index contributed by atoms with van der Waals surface area (Å²) < 4.78 is 18.9. The van der Waals surface area contributed by atoms with Crippen molar-refractivity contribution in [3.05, 3.63) is 50.9 Å². The van der Waals surface area contributed by atoms with Crippen molar-refractivity contribution in [2.75, 3.05) is 7.11 Å². The molecule has 2 aromatic rings. The molecule has 1 aromatic heterocycles. The van der Waals surface area contributed by atoms with Gasteiger partial charge in [0.05, 0.1) is 18.0 Å². The monoisotopic (exact) mass is 271 g/mol. The highest BCUT2D eigenvalue weighted by molar-refractivity contribution is 7.10. The Kier molecular flexibility index (Phi) is 3.66. The summed E-state index contributed by atoms with van der Waals surface area (Å²) in [5.41, 5.74) is 6.45. The van der Waals surface area contributed by atoms with Crippen molar-refractivity contribution >= 4 is 22.9 Å². The normalized spacial score (nSPS) is 12.5. The molecule has 0 spiro atoms. The van der Waals surface area contributed by atoms with E-state index >= 15 is 0 Å². The van der Waals surface area contributed by atoms with Crippen LogP contribution in [0.1, 0.15) is 16.5 Å². The zero-order valence-electron chi connectivity index (χ0n) is 9.11. The largest absolute Gasteiger partial charge is 0.496 e. The maximum Gasteiger partial charge on any atom is 0.134 e. The van der Waals surface area contributed by atoms with Crippen LogP contribution in [0.4, 0.5) is 4.39 Å². The Hall–Kier alpha value is -1.10. The first kappa shape index (κ1) is 12.4. The third kappa shape index (κ3) is 2.44. The van der Waals surface area contributed by atoms with Gasteiger partial charge >= 0.3 is 0 Å². The van der Waals surface area contributed by atoms with Gasteiger partial charge in [0.25, 0.3) is 0 Å². The second kappa shape index (κ2) is 5.04. The topological polar surface area (TPSA) is 35.2 Å². The van der Waals surface area contributed by atoms with Gasteiger partial charge in [-0.25, -0.2) is 4.39 Å². The van der Waals surface area contributed by atoms with Gasteiger partial charge in [0.2, 0.25) is 0 Å². The van der Waals surface area contributed by atoms with Crippen molar-refractivity contribution in [1.29, 1.82) is 0 Å². The Morgan fingerprint density at radius 3 is 2.82 bits per heavy atom. The molecule has 2 rings (SSSR count). The molecule has 1 unspecified atom stereocenters. The molecular formula is C12H11ClFNOS. The lowest BCUT2D eigenvalue weighted by Gasteiger charge is -2.13. The van der Waals surface area contributed by atoms with Gasteiger partial charge in [-0.1, -0.05) is 17.7 Å². The minimum absolute atomic E-state index is 0.358. The highest BCUT2D eigenvalue weighted by Gasteiger charge is 2.18. The van der Waals surface area contributed by atoms with Gasteiger partial charge in [-0.05, 0) is 23.6 Å². The summed E-state index contributed by atoms with van der Waals surface area (Å²) in [5.74, 6) is 0.275. The molecular weight excluding hydrogens is 261 g/mol. The number of ether oxygens (including phenoxy) is 1. The molecule has 5 heteroatoms. The Morgan fingerprint density at radius 1 is 1.41 bits per heavy atom. The van der Waals surface area contributed by atoms with Gasteiger partial charge in [0.15, 0.2) is 0 Å². The minimum atomic E-state index is -0.540. The van der Waals surface area contributed by atoms with Crippen LogP contribution in [0.2, 0.25) is 5.02 Å². The van der Waals surface area contributed by atoms with E-state index in [2.05, 4.69) is 0 Å². The first-order valence-corrected chi connectivity index (χ1v) is 6.21. The summed E-state index contributed by atoms with van der Waals surface area (Å²) in [5, 5.41) is 2.22. The molecule has 0 amide bonds. The van der Waals surface area contributed by atoms with Crippen LogP contribution < -0.4 is 10.5 Å². The maximum absolute atomic E-state index is 13.7. The van der Waals surface area contributed by atoms with Gasteiger partial charge in [0.1, 0.15) is 11.6 Å². The Morgan fingerprint density at radius 2 is 2.18 bits per heavy atom. The summed E-state index contributed by atoms with van der Waals surface area (Å²) in [6.45, 7) is 0. The number of hydrogen-bond acceptors (Lipinski definition) is 3. The zero-order chi connectivity index (χ0) is 12.4. The average Bonchev–Trinajstić information content (AvgIpc) is 2.76. The Labute approximate surface area is 108 Å². The predicted molar refractivity (Wildman–Crippen MR) is 68.3 cm³/mol. The lowest BCUT2D eigenvalue weighted by Crippen LogP contribution is -2.13. The van der Waals surface area contributed by atoms with E-state index in [-0.39, 0.29) is 0 Å². The van der Waals surface area contributed by atoms with E-state index in [4.69, 9.17) is 22.1 Å². The molecule has 0 aliphatic heterocycles. The van der Waals surface area contributed by atoms with Gasteiger partial charge in [-0.3, -0.25) is 0 Å². The lowest BCUT2D eigenvalue weighted by molar-refractivity contribution is 0.410. The third-order valence-electron chi connectivity index (χ3n) is 2.46. The van der Waals surface area contributed by atoms with Crippen molar-refractivity contribution in [3.8, 4) is 5.75 Å². The molecule has 90 valence electrons. The lowest BCUT2D eigenvalue weighted by atomic mass is 10.1. The third-order valence-corrected chi connectivity index (χ3v) is 3.67. The maximum atomic E-state index is 13.7. The predicted octanol–water partition coefficient (Wildman–Crippen LogP) is 3.60. The fraction of sp³-hybridized carbons (Fsp3) is 0.167. The van der Waals surface area contributed by atoms with Crippen molar-refractivity contribution in [1.82, 2.24) is 0 Å². The molecule has 2 nitrogen and oxygen atoms in total. The number of rotatable bonds is 3. The molecule has 1 atom stereocenters. The SMILES string of the molecule is COc1ccsc1C(N)c1ccc(Cl)cc1F. The average molecular weight is 272 g/mol. The van der Waals surface area contributed by atoms with E-state index in [0.29, 0.717) is 16.3 Å². The first-order valence-electron chi connectivity index (χ1n) is 4.95. The zero-order valence-corrected chi connectivity index (χ0v) is 10.7. The van der Waals surface area contributed by atoms with Crippen molar-refractivity contribution in [3.63, 3.8) is 0 Å². The highest BCUT2D eigenvalue weighted by Crippen LogP contribution is 2.34. The van der Waals surface area contributed by atoms with Crippen LogP contribution in [-0.4, -0.2) is 7.11 Å². The second-order valence-electron chi connectivity index (χ2n) is 3.50. The van der Waals surface area contributed by atoms with E-state index in [1.54, 1.807) is 19.2 Å². The van der Waals surface area contributed by atoms with Crippen LogP contribution in [0.5, 0.6) is 5.75 Å². The molecule has 17 heavy (non-hydrogen) atoms. The van der Waals surface area contributed by atoms with Crippen LogP contribution in [0.25, 0.3) is 0 Å². The molecule has 0 bridgehead atoms. The molecule has 2 N–H and O–H groups in total. The van der Waals surface area contributed by atoms with Crippen molar-refractivity contribution in [2.45, 2.75) is 6.04 Å². The molecule has 1 heterocycles. The summed E-state index contributed by atoms with van der Waals surface area (Å²) in [4.78, 5) is 0.800. The Balaban J connectivity index is 2.40. The first-order chi connectivity index (χ1) is 8.13. The van der Waals surface area contributed by atoms with E-state index in [1.165, 1.54) is 17.4 Å². The van der Waals surface area contributed by atoms with Crippen molar-refractivity contribution in [2.24, 2.45) is 5.73 Å². The van der Waals surface area contributed by atoms with Gasteiger partial charge < -0.3 is 10.5 Å². The van der Waals surface area contributed by atoms with Gasteiger partial charge in [0, 0.05) is 10.6 Å². The summed E-state index contributed by atoms with van der Waals surface area (Å²) in [6.07, 6.45) is 0. The standard InChI is InChI=1S/C12H11ClFNOS/c1-16-10-4-5-17-12(10)11(15)8-3-2-7(13)6-9(8)14/h2-6,11H,15H2,1H3. The minimum Gasteiger partial charge on any atom is -0.496 e. The van der Waals surface area contributed by atoms with Crippen LogP contribution in [0, 0.1) is 5.82 Å². The fourth-order valence-electron chi connectivity index (χ4n) is 1.60. The molecule has 0 aliphatic carbocycles. The number of halogens is 2. The molecule has 0 saturated heterocycles. The number of nitrogens with two attached hydrogens (primary N) is 1. The smallest absolute Gasteiger partial charge is 0.134 e. The molecule has 1 aromatic carbocycles. The molecule has 0 fully saturated rings. The van der Waals surface area contributed by atoms with Crippen LogP contribution in [0.3, 0.4) is 0 Å². The number of benzene rings is 1. The number of methoxy groups -OCH3 is 1. The summed E-state index contributed by atoms with van der Waals surface area (Å²) in [6, 6.07) is 5.76. The van der Waals surface area contributed by atoms with Crippen LogP contribution in [0.15, 0.2) is 29.6 Å². The molecule has 0 radical (unpaired) electrons. The second-order valence-corrected chi connectivity index (χ2v) is 4.88. The quantitative estimate of drug-likeness (QED) is 0.926.